The molecule has 5 aliphatic rings. The van der Waals surface area contributed by atoms with Crippen LogP contribution in [0.15, 0.2) is 12.2 Å². The van der Waals surface area contributed by atoms with Gasteiger partial charge < -0.3 is 10.2 Å². The highest BCUT2D eigenvalue weighted by Gasteiger charge is 2.70. The second-order valence-corrected chi connectivity index (χ2v) is 14.2. The first-order valence-electron chi connectivity index (χ1n) is 13.4. The molecule has 0 saturated heterocycles. The van der Waals surface area contributed by atoms with Crippen molar-refractivity contribution in [3.05, 3.63) is 12.2 Å². The molecule has 5 aliphatic carbocycles. The maximum atomic E-state index is 11.7. The van der Waals surface area contributed by atoms with E-state index in [1.807, 2.05) is 0 Å². The van der Waals surface area contributed by atoms with Gasteiger partial charge in [0.1, 0.15) is 0 Å². The normalized spacial score (nSPS) is 57.9. The van der Waals surface area contributed by atoms with E-state index in [2.05, 4.69) is 48.1 Å². The van der Waals surface area contributed by atoms with Gasteiger partial charge in [-0.25, -0.2) is 0 Å². The molecule has 0 aromatic rings. The molecule has 0 spiro atoms. The predicted octanol–water partition coefficient (Wildman–Crippen LogP) is 6.75. The van der Waals surface area contributed by atoms with Crippen LogP contribution in [0.25, 0.3) is 0 Å². The monoisotopic (exact) mass is 428 g/mol. The quantitative estimate of drug-likeness (QED) is 0.453. The Bertz CT molecular complexity index is 771. The van der Waals surface area contributed by atoms with Crippen molar-refractivity contribution in [2.45, 2.75) is 117 Å². The van der Waals surface area contributed by atoms with Crippen LogP contribution < -0.4 is 0 Å². The van der Waals surface area contributed by atoms with Gasteiger partial charge in [-0.05, 0) is 122 Å². The smallest absolute Gasteiger partial charge is 0.0684 e. The first-order chi connectivity index (χ1) is 14.3. The SMILES string of the molecule is C=C(C)[C@@H]1CC[C@@]2(O)CC[C@]3(C)[C@H](CC[C@@H]4[C@@]5(C)CC[C@H](O)C(C)(C)[C@@H]5CC[C@]43C)[C@@H]12. The van der Waals surface area contributed by atoms with Crippen molar-refractivity contribution in [1.82, 2.24) is 0 Å². The molecule has 0 bridgehead atoms. The summed E-state index contributed by atoms with van der Waals surface area (Å²) in [6.45, 7) is 19.1. The molecule has 2 N–H and O–H groups in total. The van der Waals surface area contributed by atoms with Crippen molar-refractivity contribution in [3.63, 3.8) is 0 Å². The molecule has 10 atom stereocenters. The molecular weight excluding hydrogens is 380 g/mol. The van der Waals surface area contributed by atoms with Crippen LogP contribution in [0.3, 0.4) is 0 Å². The molecule has 2 nitrogen and oxygen atoms in total. The van der Waals surface area contributed by atoms with Gasteiger partial charge in [0.15, 0.2) is 0 Å². The zero-order valence-electron chi connectivity index (χ0n) is 21.1. The molecule has 2 heteroatoms. The first kappa shape index (κ1) is 22.5. The van der Waals surface area contributed by atoms with Crippen LogP contribution in [-0.2, 0) is 0 Å². The summed E-state index contributed by atoms with van der Waals surface area (Å²) in [5.74, 6) is 2.90. The Labute approximate surface area is 191 Å². The summed E-state index contributed by atoms with van der Waals surface area (Å²) in [4.78, 5) is 0. The topological polar surface area (TPSA) is 40.5 Å². The van der Waals surface area contributed by atoms with Crippen LogP contribution in [0.2, 0.25) is 0 Å². The summed E-state index contributed by atoms with van der Waals surface area (Å²) in [7, 11) is 0. The number of hydrogen-bond acceptors (Lipinski definition) is 2. The molecule has 5 saturated carbocycles. The highest BCUT2D eigenvalue weighted by molar-refractivity contribution is 5.22. The summed E-state index contributed by atoms with van der Waals surface area (Å²) < 4.78 is 0. The number of hydrogen-bond donors (Lipinski definition) is 2. The fraction of sp³-hybridized carbons (Fsp3) is 0.931. The van der Waals surface area contributed by atoms with Crippen molar-refractivity contribution < 1.29 is 10.2 Å². The summed E-state index contributed by atoms with van der Waals surface area (Å²) in [6, 6.07) is 0. The van der Waals surface area contributed by atoms with E-state index in [1.54, 1.807) is 0 Å². The largest absolute Gasteiger partial charge is 0.393 e. The fourth-order valence-corrected chi connectivity index (χ4v) is 11.1. The molecule has 0 unspecified atom stereocenters. The van der Waals surface area contributed by atoms with Gasteiger partial charge in [-0.2, -0.15) is 0 Å². The molecule has 0 aromatic heterocycles. The minimum Gasteiger partial charge on any atom is -0.393 e. The number of fused-ring (bicyclic) bond motifs is 7. The van der Waals surface area contributed by atoms with Crippen molar-refractivity contribution in [2.24, 2.45) is 51.2 Å². The average molecular weight is 429 g/mol. The zero-order chi connectivity index (χ0) is 22.6. The van der Waals surface area contributed by atoms with Gasteiger partial charge >= 0.3 is 0 Å². The third-order valence-corrected chi connectivity index (χ3v) is 13.0. The number of aliphatic hydroxyl groups excluding tert-OH is 1. The summed E-state index contributed by atoms with van der Waals surface area (Å²) in [5.41, 5.74) is 1.85. The van der Waals surface area contributed by atoms with Gasteiger partial charge in [-0.15, -0.1) is 0 Å². The minimum absolute atomic E-state index is 0.0232. The van der Waals surface area contributed by atoms with E-state index in [9.17, 15) is 10.2 Å². The van der Waals surface area contributed by atoms with Gasteiger partial charge in [-0.3, -0.25) is 0 Å². The standard InChI is InChI=1S/C29H48O2/c1-18(2)19-10-15-29(31)17-16-27(6)20(24(19)29)8-9-22-26(5)13-12-23(30)25(3,4)21(26)11-14-28(22,27)7/h19-24,30-31H,1,8-17H2,2-7H3/t19-,20+,21-,22+,23-,24+,26-,27+,28+,29+/m0/s1. The van der Waals surface area contributed by atoms with E-state index in [4.69, 9.17) is 0 Å². The van der Waals surface area contributed by atoms with Gasteiger partial charge in [0, 0.05) is 0 Å². The molecule has 176 valence electrons. The van der Waals surface area contributed by atoms with Crippen LogP contribution in [-0.4, -0.2) is 21.9 Å². The maximum absolute atomic E-state index is 11.7. The molecule has 0 aliphatic heterocycles. The number of rotatable bonds is 1. The van der Waals surface area contributed by atoms with E-state index in [1.165, 1.54) is 44.1 Å². The highest BCUT2D eigenvalue weighted by Crippen LogP contribution is 2.76. The zero-order valence-corrected chi connectivity index (χ0v) is 21.1. The molecule has 31 heavy (non-hydrogen) atoms. The molecule has 0 heterocycles. The van der Waals surface area contributed by atoms with Gasteiger partial charge in [-0.1, -0.05) is 46.8 Å². The van der Waals surface area contributed by atoms with Gasteiger partial charge in [0.2, 0.25) is 0 Å². The molecule has 0 amide bonds. The third-order valence-electron chi connectivity index (χ3n) is 13.0. The Hall–Kier alpha value is -0.340. The van der Waals surface area contributed by atoms with E-state index < -0.39 is 5.60 Å². The second-order valence-electron chi connectivity index (χ2n) is 14.2. The van der Waals surface area contributed by atoms with E-state index in [0.717, 1.165) is 31.6 Å². The minimum atomic E-state index is -0.449. The van der Waals surface area contributed by atoms with Crippen LogP contribution in [0, 0.1) is 51.2 Å². The van der Waals surface area contributed by atoms with Crippen molar-refractivity contribution in [2.75, 3.05) is 0 Å². The lowest BCUT2D eigenvalue weighted by Crippen LogP contribution is -2.67. The van der Waals surface area contributed by atoms with Crippen LogP contribution in [0.4, 0.5) is 0 Å². The highest BCUT2D eigenvalue weighted by atomic mass is 16.3. The summed E-state index contributed by atoms with van der Waals surface area (Å²) >= 11 is 0. The lowest BCUT2D eigenvalue weighted by Gasteiger charge is -2.72. The molecular formula is C29H48O2. The van der Waals surface area contributed by atoms with Crippen LogP contribution >= 0.6 is 0 Å². The van der Waals surface area contributed by atoms with Gasteiger partial charge in [0.25, 0.3) is 0 Å². The van der Waals surface area contributed by atoms with E-state index in [0.29, 0.717) is 39.9 Å². The number of aliphatic hydroxyl groups is 2. The molecule has 5 rings (SSSR count). The fourth-order valence-electron chi connectivity index (χ4n) is 11.1. The van der Waals surface area contributed by atoms with E-state index >= 15 is 0 Å². The van der Waals surface area contributed by atoms with E-state index in [-0.39, 0.29) is 11.5 Å². The van der Waals surface area contributed by atoms with Gasteiger partial charge in [0.05, 0.1) is 11.7 Å². The predicted molar refractivity (Wildman–Crippen MR) is 127 cm³/mol. The number of allylic oxidation sites excluding steroid dienone is 1. The summed E-state index contributed by atoms with van der Waals surface area (Å²) in [6.07, 6.45) is 11.4. The molecule has 0 radical (unpaired) electrons. The van der Waals surface area contributed by atoms with Crippen molar-refractivity contribution in [1.29, 1.82) is 0 Å². The first-order valence-corrected chi connectivity index (χ1v) is 13.4. The van der Waals surface area contributed by atoms with Crippen molar-refractivity contribution in [3.8, 4) is 0 Å². The average Bonchev–Trinajstić information content (AvgIpc) is 3.04. The Kier molecular flexibility index (Phi) is 4.80. The molecule has 5 fully saturated rings. The maximum Gasteiger partial charge on any atom is 0.0684 e. The lowest BCUT2D eigenvalue weighted by atomic mass is 9.33. The summed E-state index contributed by atoms with van der Waals surface area (Å²) in [5, 5.41) is 22.6. The van der Waals surface area contributed by atoms with Crippen LogP contribution in [0.5, 0.6) is 0 Å². The van der Waals surface area contributed by atoms with Crippen molar-refractivity contribution >= 4 is 0 Å². The second kappa shape index (κ2) is 6.62. The Morgan fingerprint density at radius 3 is 2.16 bits per heavy atom. The van der Waals surface area contributed by atoms with Crippen LogP contribution in [0.1, 0.15) is 106 Å². The Morgan fingerprint density at radius 2 is 1.48 bits per heavy atom. The Morgan fingerprint density at radius 1 is 0.774 bits per heavy atom. The third kappa shape index (κ3) is 2.64. The Balaban J connectivity index is 1.54. The lowest BCUT2D eigenvalue weighted by molar-refractivity contribution is -0.254. The molecule has 0 aromatic carbocycles.